The summed E-state index contributed by atoms with van der Waals surface area (Å²) in [6.45, 7) is 3.14. The molecule has 3 atom stereocenters. The molecule has 1 aromatic heterocycles. The SMILES string of the molecule is CC1CCC(CNC2CCCc3c2cnn3C)O1. The van der Waals surface area contributed by atoms with Crippen molar-refractivity contribution in [2.75, 3.05) is 6.54 Å². The minimum Gasteiger partial charge on any atom is -0.374 e. The highest BCUT2D eigenvalue weighted by atomic mass is 16.5. The molecule has 4 nitrogen and oxygen atoms in total. The highest BCUT2D eigenvalue weighted by Crippen LogP contribution is 2.29. The number of aryl methyl sites for hydroxylation is 1. The zero-order valence-electron chi connectivity index (χ0n) is 11.4. The molecule has 1 aliphatic carbocycles. The maximum absolute atomic E-state index is 5.86. The first-order chi connectivity index (χ1) is 8.74. The molecule has 0 radical (unpaired) electrons. The lowest BCUT2D eigenvalue weighted by molar-refractivity contribution is 0.0539. The summed E-state index contributed by atoms with van der Waals surface area (Å²) in [6, 6.07) is 0.474. The molecule has 1 N–H and O–H groups in total. The number of hydrogen-bond acceptors (Lipinski definition) is 3. The van der Waals surface area contributed by atoms with Crippen LogP contribution in [0.15, 0.2) is 6.20 Å². The first-order valence-corrected chi connectivity index (χ1v) is 7.13. The number of hydrogen-bond donors (Lipinski definition) is 1. The van der Waals surface area contributed by atoms with Gasteiger partial charge in [0.2, 0.25) is 0 Å². The van der Waals surface area contributed by atoms with Crippen LogP contribution in [0.3, 0.4) is 0 Å². The van der Waals surface area contributed by atoms with Crippen LogP contribution in [0.4, 0.5) is 0 Å². The molecule has 18 heavy (non-hydrogen) atoms. The Hall–Kier alpha value is -0.870. The standard InChI is InChI=1S/C14H23N3O/c1-10-6-7-11(18-10)8-15-13-4-3-5-14-12(13)9-16-17(14)2/h9-11,13,15H,3-8H2,1-2H3. The number of ether oxygens (including phenoxy) is 1. The van der Waals surface area contributed by atoms with Gasteiger partial charge in [0, 0.05) is 30.9 Å². The quantitative estimate of drug-likeness (QED) is 0.890. The molecule has 4 heteroatoms. The van der Waals surface area contributed by atoms with Crippen molar-refractivity contribution in [2.45, 2.75) is 57.3 Å². The maximum Gasteiger partial charge on any atom is 0.0704 e. The number of nitrogens with zero attached hydrogens (tertiary/aromatic N) is 2. The monoisotopic (exact) mass is 249 g/mol. The normalized spacial score (nSPS) is 31.6. The van der Waals surface area contributed by atoms with Crippen molar-refractivity contribution >= 4 is 0 Å². The Labute approximate surface area is 109 Å². The lowest BCUT2D eigenvalue weighted by Crippen LogP contribution is -2.32. The van der Waals surface area contributed by atoms with Crippen LogP contribution in [0.25, 0.3) is 0 Å². The van der Waals surface area contributed by atoms with E-state index in [1.807, 2.05) is 17.9 Å². The summed E-state index contributed by atoms with van der Waals surface area (Å²) in [7, 11) is 2.04. The van der Waals surface area contributed by atoms with Gasteiger partial charge in [-0.1, -0.05) is 0 Å². The predicted molar refractivity (Wildman–Crippen MR) is 70.5 cm³/mol. The van der Waals surface area contributed by atoms with Crippen molar-refractivity contribution in [3.05, 3.63) is 17.5 Å². The summed E-state index contributed by atoms with van der Waals surface area (Å²) in [5, 5.41) is 8.06. The average Bonchev–Trinajstić information content (AvgIpc) is 2.94. The zero-order chi connectivity index (χ0) is 12.5. The summed E-state index contributed by atoms with van der Waals surface area (Å²) in [5.41, 5.74) is 2.80. The molecule has 0 saturated carbocycles. The van der Waals surface area contributed by atoms with Gasteiger partial charge < -0.3 is 10.1 Å². The van der Waals surface area contributed by atoms with Gasteiger partial charge in [-0.05, 0) is 39.0 Å². The third-order valence-corrected chi connectivity index (χ3v) is 4.29. The van der Waals surface area contributed by atoms with Crippen molar-refractivity contribution in [2.24, 2.45) is 7.05 Å². The molecule has 1 aromatic rings. The van der Waals surface area contributed by atoms with Crippen molar-refractivity contribution in [1.82, 2.24) is 15.1 Å². The summed E-state index contributed by atoms with van der Waals surface area (Å²) in [5.74, 6) is 0. The smallest absolute Gasteiger partial charge is 0.0704 e. The van der Waals surface area contributed by atoms with E-state index in [2.05, 4.69) is 17.3 Å². The van der Waals surface area contributed by atoms with Crippen molar-refractivity contribution in [3.63, 3.8) is 0 Å². The van der Waals surface area contributed by atoms with E-state index < -0.39 is 0 Å². The molecule has 0 spiro atoms. The Morgan fingerprint density at radius 3 is 3.11 bits per heavy atom. The van der Waals surface area contributed by atoms with Crippen LogP contribution in [0.2, 0.25) is 0 Å². The van der Waals surface area contributed by atoms with Gasteiger partial charge in [-0.15, -0.1) is 0 Å². The van der Waals surface area contributed by atoms with Gasteiger partial charge >= 0.3 is 0 Å². The van der Waals surface area contributed by atoms with E-state index in [-0.39, 0.29) is 0 Å². The summed E-state index contributed by atoms with van der Waals surface area (Å²) < 4.78 is 7.89. The van der Waals surface area contributed by atoms with Crippen LogP contribution in [-0.2, 0) is 18.2 Å². The third-order valence-electron chi connectivity index (χ3n) is 4.29. The number of nitrogens with one attached hydrogen (secondary N) is 1. The van der Waals surface area contributed by atoms with Crippen LogP contribution in [0, 0.1) is 0 Å². The number of rotatable bonds is 3. The molecule has 3 rings (SSSR count). The maximum atomic E-state index is 5.86. The van der Waals surface area contributed by atoms with Crippen LogP contribution in [-0.4, -0.2) is 28.5 Å². The molecule has 2 heterocycles. The Morgan fingerprint density at radius 1 is 1.44 bits per heavy atom. The molecular formula is C14H23N3O. The Bertz CT molecular complexity index is 415. The van der Waals surface area contributed by atoms with Crippen LogP contribution < -0.4 is 5.32 Å². The van der Waals surface area contributed by atoms with E-state index in [0.717, 1.165) is 6.54 Å². The molecule has 2 aliphatic rings. The molecule has 0 bridgehead atoms. The van der Waals surface area contributed by atoms with Gasteiger partial charge in [-0.3, -0.25) is 4.68 Å². The largest absolute Gasteiger partial charge is 0.374 e. The van der Waals surface area contributed by atoms with E-state index in [4.69, 9.17) is 4.74 Å². The summed E-state index contributed by atoms with van der Waals surface area (Å²) >= 11 is 0. The van der Waals surface area contributed by atoms with E-state index >= 15 is 0 Å². The van der Waals surface area contributed by atoms with Gasteiger partial charge in [-0.25, -0.2) is 0 Å². The van der Waals surface area contributed by atoms with Gasteiger partial charge in [0.25, 0.3) is 0 Å². The van der Waals surface area contributed by atoms with Crippen molar-refractivity contribution < 1.29 is 4.74 Å². The van der Waals surface area contributed by atoms with Crippen LogP contribution >= 0.6 is 0 Å². The summed E-state index contributed by atoms with van der Waals surface area (Å²) in [6.07, 6.45) is 8.92. The number of fused-ring (bicyclic) bond motifs is 1. The molecule has 0 aromatic carbocycles. The third kappa shape index (κ3) is 2.31. The van der Waals surface area contributed by atoms with Gasteiger partial charge in [0.15, 0.2) is 0 Å². The predicted octanol–water partition coefficient (Wildman–Crippen LogP) is 1.95. The highest BCUT2D eigenvalue weighted by molar-refractivity contribution is 5.24. The fourth-order valence-electron chi connectivity index (χ4n) is 3.23. The van der Waals surface area contributed by atoms with E-state index in [0.29, 0.717) is 18.2 Å². The van der Waals surface area contributed by atoms with Gasteiger partial charge in [0.1, 0.15) is 0 Å². The zero-order valence-corrected chi connectivity index (χ0v) is 11.4. The first-order valence-electron chi connectivity index (χ1n) is 7.13. The van der Waals surface area contributed by atoms with Crippen molar-refractivity contribution in [1.29, 1.82) is 0 Å². The topological polar surface area (TPSA) is 39.1 Å². The van der Waals surface area contributed by atoms with E-state index in [1.54, 1.807) is 0 Å². The first kappa shape index (κ1) is 12.2. The molecule has 1 aliphatic heterocycles. The Kier molecular flexibility index (Phi) is 3.39. The van der Waals surface area contributed by atoms with Gasteiger partial charge in [-0.2, -0.15) is 5.10 Å². The fraction of sp³-hybridized carbons (Fsp3) is 0.786. The summed E-state index contributed by atoms with van der Waals surface area (Å²) in [4.78, 5) is 0. The lowest BCUT2D eigenvalue weighted by atomic mass is 9.93. The lowest BCUT2D eigenvalue weighted by Gasteiger charge is -2.25. The Morgan fingerprint density at radius 2 is 2.33 bits per heavy atom. The minimum atomic E-state index is 0.405. The van der Waals surface area contributed by atoms with Crippen molar-refractivity contribution in [3.8, 4) is 0 Å². The van der Waals surface area contributed by atoms with Crippen LogP contribution in [0.1, 0.15) is 49.9 Å². The molecule has 1 fully saturated rings. The molecular weight excluding hydrogens is 226 g/mol. The van der Waals surface area contributed by atoms with Gasteiger partial charge in [0.05, 0.1) is 18.4 Å². The second-order valence-electron chi connectivity index (χ2n) is 5.67. The molecule has 0 amide bonds. The Balaban J connectivity index is 1.60. The van der Waals surface area contributed by atoms with E-state index in [1.165, 1.54) is 43.4 Å². The highest BCUT2D eigenvalue weighted by Gasteiger charge is 2.26. The fourth-order valence-corrected chi connectivity index (χ4v) is 3.23. The van der Waals surface area contributed by atoms with E-state index in [9.17, 15) is 0 Å². The minimum absolute atomic E-state index is 0.405. The van der Waals surface area contributed by atoms with Crippen LogP contribution in [0.5, 0.6) is 0 Å². The molecule has 1 saturated heterocycles. The molecule has 100 valence electrons. The number of aromatic nitrogens is 2. The average molecular weight is 249 g/mol. The second kappa shape index (κ2) is 5.02. The second-order valence-corrected chi connectivity index (χ2v) is 5.67. The molecule has 3 unspecified atom stereocenters.